The highest BCUT2D eigenvalue weighted by Crippen LogP contribution is 2.27. The van der Waals surface area contributed by atoms with E-state index in [0.29, 0.717) is 18.0 Å². The third-order valence-electron chi connectivity index (χ3n) is 4.89. The lowest BCUT2D eigenvalue weighted by molar-refractivity contribution is -0.124. The molecule has 1 N–H and O–H groups in total. The summed E-state index contributed by atoms with van der Waals surface area (Å²) < 4.78 is 23.1. The molecule has 2 fully saturated rings. The molecule has 2 saturated heterocycles. The average Bonchev–Trinajstić information content (AvgIpc) is 3.17. The highest BCUT2D eigenvalue weighted by molar-refractivity contribution is 7.91. The maximum atomic E-state index is 12.3. The van der Waals surface area contributed by atoms with E-state index in [1.165, 1.54) is 0 Å². The zero-order valence-corrected chi connectivity index (χ0v) is 15.2. The molecule has 2 aliphatic heterocycles. The van der Waals surface area contributed by atoms with Crippen molar-refractivity contribution < 1.29 is 13.2 Å². The number of nitrogens with zero attached hydrogens (tertiary/aromatic N) is 1. The van der Waals surface area contributed by atoms with E-state index in [2.05, 4.69) is 10.2 Å². The fourth-order valence-electron chi connectivity index (χ4n) is 3.57. The van der Waals surface area contributed by atoms with Gasteiger partial charge in [0.15, 0.2) is 9.84 Å². The van der Waals surface area contributed by atoms with Crippen LogP contribution in [0.25, 0.3) is 0 Å². The number of benzene rings is 1. The summed E-state index contributed by atoms with van der Waals surface area (Å²) in [6.07, 6.45) is 2.75. The van der Waals surface area contributed by atoms with Gasteiger partial charge in [-0.1, -0.05) is 23.7 Å². The summed E-state index contributed by atoms with van der Waals surface area (Å²) in [6, 6.07) is 7.81. The second-order valence-corrected chi connectivity index (χ2v) is 9.32. The van der Waals surface area contributed by atoms with Gasteiger partial charge in [-0.15, -0.1) is 0 Å². The minimum atomic E-state index is -3.04. The normalized spacial score (nSPS) is 24.8. The maximum Gasteiger partial charge on any atom is 0.224 e. The van der Waals surface area contributed by atoms with Gasteiger partial charge < -0.3 is 5.32 Å². The summed E-state index contributed by atoms with van der Waals surface area (Å²) in [6.45, 7) is 2.49. The predicted molar refractivity (Wildman–Crippen MR) is 94.8 cm³/mol. The number of rotatable bonds is 5. The SMILES string of the molecule is O=C(NCC(c1cccc(Cl)c1)N1CCCC1)C1CCS(=O)(=O)C1. The topological polar surface area (TPSA) is 66.5 Å². The van der Waals surface area contributed by atoms with Crippen LogP contribution in [0.4, 0.5) is 0 Å². The Hall–Kier alpha value is -1.11. The molecule has 0 aromatic heterocycles. The molecule has 132 valence electrons. The molecule has 7 heteroatoms. The molecule has 2 aliphatic rings. The minimum absolute atomic E-state index is 0.0234. The Morgan fingerprint density at radius 2 is 2.08 bits per heavy atom. The summed E-state index contributed by atoms with van der Waals surface area (Å²) in [4.78, 5) is 14.7. The zero-order valence-electron chi connectivity index (χ0n) is 13.6. The van der Waals surface area contributed by atoms with E-state index in [-0.39, 0.29) is 23.5 Å². The Bertz CT molecular complexity index is 702. The third-order valence-corrected chi connectivity index (χ3v) is 6.89. The lowest BCUT2D eigenvalue weighted by Crippen LogP contribution is -2.39. The Kier molecular flexibility index (Phi) is 5.47. The standard InChI is InChI=1S/C17H23ClN2O3S/c18-15-5-3-4-13(10-15)16(20-7-1-2-8-20)11-19-17(21)14-6-9-24(22,23)12-14/h3-5,10,14,16H,1-2,6-9,11-12H2,(H,19,21). The molecule has 0 aliphatic carbocycles. The quantitative estimate of drug-likeness (QED) is 0.861. The summed E-state index contributed by atoms with van der Waals surface area (Å²) in [7, 11) is -3.04. The second-order valence-electron chi connectivity index (χ2n) is 6.66. The van der Waals surface area contributed by atoms with Crippen molar-refractivity contribution in [1.29, 1.82) is 0 Å². The van der Waals surface area contributed by atoms with Gasteiger partial charge in [0.2, 0.25) is 5.91 Å². The molecular weight excluding hydrogens is 348 g/mol. The van der Waals surface area contributed by atoms with Crippen LogP contribution < -0.4 is 5.32 Å². The smallest absolute Gasteiger partial charge is 0.224 e. The lowest BCUT2D eigenvalue weighted by atomic mass is 10.0. The van der Waals surface area contributed by atoms with Gasteiger partial charge >= 0.3 is 0 Å². The molecule has 0 saturated carbocycles. The Morgan fingerprint density at radius 1 is 1.33 bits per heavy atom. The van der Waals surface area contributed by atoms with Crippen molar-refractivity contribution in [1.82, 2.24) is 10.2 Å². The number of hydrogen-bond acceptors (Lipinski definition) is 4. The van der Waals surface area contributed by atoms with E-state index in [1.54, 1.807) is 0 Å². The first-order valence-corrected chi connectivity index (χ1v) is 10.6. The number of hydrogen-bond donors (Lipinski definition) is 1. The monoisotopic (exact) mass is 370 g/mol. The van der Waals surface area contributed by atoms with E-state index in [1.807, 2.05) is 24.3 Å². The van der Waals surface area contributed by atoms with E-state index >= 15 is 0 Å². The molecule has 0 spiro atoms. The maximum absolute atomic E-state index is 12.3. The Balaban J connectivity index is 1.67. The molecule has 2 atom stereocenters. The summed E-state index contributed by atoms with van der Waals surface area (Å²) in [5.74, 6) is -0.463. The number of halogens is 1. The van der Waals surface area contributed by atoms with Gasteiger partial charge in [0.1, 0.15) is 0 Å². The van der Waals surface area contributed by atoms with Crippen LogP contribution in [0.5, 0.6) is 0 Å². The summed E-state index contributed by atoms with van der Waals surface area (Å²) in [5, 5.41) is 3.65. The van der Waals surface area contributed by atoms with Gasteiger partial charge in [0.05, 0.1) is 23.5 Å². The number of amides is 1. The van der Waals surface area contributed by atoms with E-state index < -0.39 is 15.8 Å². The average molecular weight is 371 g/mol. The van der Waals surface area contributed by atoms with Crippen LogP contribution in [-0.2, 0) is 14.6 Å². The highest BCUT2D eigenvalue weighted by atomic mass is 35.5. The molecule has 0 radical (unpaired) electrons. The van der Waals surface area contributed by atoms with E-state index in [0.717, 1.165) is 31.5 Å². The van der Waals surface area contributed by atoms with Crippen molar-refractivity contribution in [2.75, 3.05) is 31.1 Å². The Labute approximate surface area is 148 Å². The van der Waals surface area contributed by atoms with Crippen LogP contribution in [0.3, 0.4) is 0 Å². The summed E-state index contributed by atoms with van der Waals surface area (Å²) in [5.41, 5.74) is 1.09. The largest absolute Gasteiger partial charge is 0.354 e. The van der Waals surface area contributed by atoms with Crippen molar-refractivity contribution in [2.24, 2.45) is 5.92 Å². The lowest BCUT2D eigenvalue weighted by Gasteiger charge is -2.28. The molecule has 0 bridgehead atoms. The minimum Gasteiger partial charge on any atom is -0.354 e. The first-order chi connectivity index (χ1) is 11.4. The van der Waals surface area contributed by atoms with Crippen molar-refractivity contribution in [3.05, 3.63) is 34.9 Å². The van der Waals surface area contributed by atoms with Gasteiger partial charge in [-0.2, -0.15) is 0 Å². The van der Waals surface area contributed by atoms with Gasteiger partial charge in [0, 0.05) is 11.6 Å². The van der Waals surface area contributed by atoms with Crippen LogP contribution >= 0.6 is 11.6 Å². The number of nitrogens with one attached hydrogen (secondary N) is 1. The van der Waals surface area contributed by atoms with Crippen LogP contribution in [-0.4, -0.2) is 50.4 Å². The molecule has 2 unspecified atom stereocenters. The van der Waals surface area contributed by atoms with Gasteiger partial charge in [-0.25, -0.2) is 8.42 Å². The van der Waals surface area contributed by atoms with E-state index in [4.69, 9.17) is 11.6 Å². The molecule has 1 aromatic rings. The van der Waals surface area contributed by atoms with Crippen LogP contribution in [0.1, 0.15) is 30.9 Å². The van der Waals surface area contributed by atoms with Crippen molar-refractivity contribution in [3.8, 4) is 0 Å². The summed E-state index contributed by atoms with van der Waals surface area (Å²) >= 11 is 6.12. The molecular formula is C17H23ClN2O3S. The fraction of sp³-hybridized carbons (Fsp3) is 0.588. The van der Waals surface area contributed by atoms with Crippen molar-refractivity contribution >= 4 is 27.3 Å². The van der Waals surface area contributed by atoms with Gasteiger partial charge in [-0.05, 0) is 50.0 Å². The third kappa shape index (κ3) is 4.29. The molecule has 1 amide bonds. The van der Waals surface area contributed by atoms with Gasteiger partial charge in [0.25, 0.3) is 0 Å². The number of likely N-dealkylation sites (tertiary alicyclic amines) is 1. The number of sulfone groups is 1. The van der Waals surface area contributed by atoms with Crippen LogP contribution in [0.15, 0.2) is 24.3 Å². The van der Waals surface area contributed by atoms with Crippen molar-refractivity contribution in [3.63, 3.8) is 0 Å². The highest BCUT2D eigenvalue weighted by Gasteiger charge is 2.33. The molecule has 2 heterocycles. The predicted octanol–water partition coefficient (Wildman–Crippen LogP) is 2.03. The molecule has 24 heavy (non-hydrogen) atoms. The molecule has 3 rings (SSSR count). The second kappa shape index (κ2) is 7.42. The molecule has 5 nitrogen and oxygen atoms in total. The number of carbonyl (C=O) groups excluding carboxylic acids is 1. The molecule has 1 aromatic carbocycles. The zero-order chi connectivity index (χ0) is 17.2. The first-order valence-electron chi connectivity index (χ1n) is 8.42. The van der Waals surface area contributed by atoms with Gasteiger partial charge in [-0.3, -0.25) is 9.69 Å². The van der Waals surface area contributed by atoms with E-state index in [9.17, 15) is 13.2 Å². The fourth-order valence-corrected chi connectivity index (χ4v) is 5.51. The van der Waals surface area contributed by atoms with Crippen molar-refractivity contribution in [2.45, 2.75) is 25.3 Å². The van der Waals surface area contributed by atoms with Crippen LogP contribution in [0, 0.1) is 5.92 Å². The number of carbonyl (C=O) groups is 1. The first kappa shape index (κ1) is 17.7. The van der Waals surface area contributed by atoms with Crippen LogP contribution in [0.2, 0.25) is 5.02 Å². The Morgan fingerprint density at radius 3 is 2.71 bits per heavy atom.